The van der Waals surface area contributed by atoms with E-state index in [1.807, 2.05) is 13.0 Å². The van der Waals surface area contributed by atoms with Gasteiger partial charge in [0.25, 0.3) is 0 Å². The number of aliphatic hydroxyl groups is 1. The number of esters is 3. The van der Waals surface area contributed by atoms with Crippen LogP contribution < -0.4 is 0 Å². The largest absolute Gasteiger partial charge is 0.468 e. The van der Waals surface area contributed by atoms with Crippen molar-refractivity contribution >= 4 is 17.9 Å². The van der Waals surface area contributed by atoms with Gasteiger partial charge in [-0.3, -0.25) is 9.59 Å². The molecule has 0 amide bonds. The van der Waals surface area contributed by atoms with Gasteiger partial charge in [0.15, 0.2) is 0 Å². The molecule has 5 aliphatic heterocycles. The van der Waals surface area contributed by atoms with E-state index in [1.165, 1.54) is 13.2 Å². The van der Waals surface area contributed by atoms with Crippen LogP contribution in [-0.4, -0.2) is 72.2 Å². The molecule has 0 unspecified atom stereocenters. The van der Waals surface area contributed by atoms with Crippen molar-refractivity contribution in [2.45, 2.75) is 76.5 Å². The molecule has 0 aromatic heterocycles. The van der Waals surface area contributed by atoms with E-state index in [9.17, 15) is 19.5 Å². The van der Waals surface area contributed by atoms with Crippen molar-refractivity contribution in [2.75, 3.05) is 13.7 Å². The second-order valence-electron chi connectivity index (χ2n) is 12.3. The fourth-order valence-electron chi connectivity index (χ4n) is 8.91. The molecule has 10 heteroatoms. The van der Waals surface area contributed by atoms with E-state index in [-0.39, 0.29) is 13.0 Å². The molecule has 0 aromatic rings. The van der Waals surface area contributed by atoms with Crippen molar-refractivity contribution in [1.29, 1.82) is 0 Å². The van der Waals surface area contributed by atoms with Crippen molar-refractivity contribution in [2.24, 2.45) is 28.1 Å². The summed E-state index contributed by atoms with van der Waals surface area (Å²) in [6, 6.07) is 0. The molecule has 1 spiro atoms. The summed E-state index contributed by atoms with van der Waals surface area (Å²) in [5, 5.41) is 12.4. The van der Waals surface area contributed by atoms with Crippen LogP contribution in [0.2, 0.25) is 0 Å². The Hall–Kier alpha value is -2.27. The zero-order valence-electron chi connectivity index (χ0n) is 21.1. The molecule has 0 radical (unpaired) electrons. The van der Waals surface area contributed by atoms with Crippen LogP contribution in [-0.2, 0) is 42.8 Å². The first-order chi connectivity index (χ1) is 16.7. The van der Waals surface area contributed by atoms with Gasteiger partial charge in [-0.25, -0.2) is 4.79 Å². The maximum absolute atomic E-state index is 14.1. The Balaban J connectivity index is 1.61. The van der Waals surface area contributed by atoms with Crippen LogP contribution in [0.5, 0.6) is 0 Å². The summed E-state index contributed by atoms with van der Waals surface area (Å²) < 4.78 is 35.6. The van der Waals surface area contributed by atoms with Crippen LogP contribution in [0.15, 0.2) is 23.3 Å². The van der Waals surface area contributed by atoms with Gasteiger partial charge in [0.05, 0.1) is 31.2 Å². The SMILES string of the molecule is COC(=O)[C@]12[C@H]3[C@@H]4OC(=O)[C@@]3(C)C[C@H]3[C@@]1(C)[C@@H](C=C1C(=CC(=O)OC1(C)C)[C@]31CO1)O[C@@]2(O)[C@H](C)O4. The average Bonchev–Trinajstić information content (AvgIpc) is 3.51. The molecule has 194 valence electrons. The highest BCUT2D eigenvalue weighted by Gasteiger charge is 2.92. The van der Waals surface area contributed by atoms with Crippen molar-refractivity contribution in [3.63, 3.8) is 0 Å². The Morgan fingerprint density at radius 2 is 1.86 bits per heavy atom. The summed E-state index contributed by atoms with van der Waals surface area (Å²) in [5.41, 5.74) is -4.67. The van der Waals surface area contributed by atoms with Crippen LogP contribution in [0.4, 0.5) is 0 Å². The van der Waals surface area contributed by atoms with Gasteiger partial charge in [-0.05, 0) is 45.8 Å². The van der Waals surface area contributed by atoms with E-state index < -0.39 is 81.5 Å². The first-order valence-electron chi connectivity index (χ1n) is 12.4. The summed E-state index contributed by atoms with van der Waals surface area (Å²) >= 11 is 0. The number of carbonyl (C=O) groups excluding carboxylic acids is 3. The van der Waals surface area contributed by atoms with Crippen LogP contribution >= 0.6 is 0 Å². The second kappa shape index (κ2) is 6.06. The van der Waals surface area contributed by atoms with Gasteiger partial charge in [0, 0.05) is 23.0 Å². The lowest BCUT2D eigenvalue weighted by Crippen LogP contribution is -2.76. The molecule has 1 N–H and O–H groups in total. The average molecular weight is 503 g/mol. The number of ether oxygens (including phenoxy) is 6. The van der Waals surface area contributed by atoms with E-state index in [2.05, 4.69) is 0 Å². The summed E-state index contributed by atoms with van der Waals surface area (Å²) in [6.45, 7) is 9.13. The second-order valence-corrected chi connectivity index (χ2v) is 12.3. The van der Waals surface area contributed by atoms with Crippen molar-refractivity contribution in [1.82, 2.24) is 0 Å². The highest BCUT2D eigenvalue weighted by atomic mass is 16.7. The van der Waals surface area contributed by atoms with Crippen LogP contribution in [0.25, 0.3) is 0 Å². The number of hydrogen-bond donors (Lipinski definition) is 1. The molecule has 36 heavy (non-hydrogen) atoms. The van der Waals surface area contributed by atoms with E-state index in [0.717, 1.165) is 0 Å². The number of cyclic esters (lactones) is 1. The maximum Gasteiger partial charge on any atom is 0.332 e. The topological polar surface area (TPSA) is 130 Å². The predicted octanol–water partition coefficient (Wildman–Crippen LogP) is 1.15. The number of epoxide rings is 1. The highest BCUT2D eigenvalue weighted by Crippen LogP contribution is 2.80. The smallest absolute Gasteiger partial charge is 0.332 e. The van der Waals surface area contributed by atoms with E-state index in [0.29, 0.717) is 11.1 Å². The van der Waals surface area contributed by atoms with Crippen molar-refractivity contribution in [3.8, 4) is 0 Å². The molecule has 4 saturated heterocycles. The first kappa shape index (κ1) is 22.9. The number of rotatable bonds is 1. The van der Waals surface area contributed by atoms with E-state index >= 15 is 0 Å². The third-order valence-electron chi connectivity index (χ3n) is 10.5. The normalized spacial score (nSPS) is 54.9. The fraction of sp³-hybridized carbons (Fsp3) is 0.731. The Bertz CT molecular complexity index is 1210. The zero-order chi connectivity index (χ0) is 25.8. The van der Waals surface area contributed by atoms with Gasteiger partial charge in [0.1, 0.15) is 22.7 Å². The molecular formula is C26H30O10. The molecule has 10 nitrogen and oxygen atoms in total. The molecule has 7 rings (SSSR count). The minimum atomic E-state index is -2.13. The summed E-state index contributed by atoms with van der Waals surface area (Å²) in [4.78, 5) is 40.3. The van der Waals surface area contributed by atoms with Gasteiger partial charge in [0.2, 0.25) is 12.1 Å². The van der Waals surface area contributed by atoms with Gasteiger partial charge in [-0.1, -0.05) is 6.92 Å². The van der Waals surface area contributed by atoms with Crippen LogP contribution in [0, 0.1) is 28.1 Å². The third kappa shape index (κ3) is 2.02. The molecule has 10 atom stereocenters. The lowest BCUT2D eigenvalue weighted by Gasteiger charge is -2.63. The van der Waals surface area contributed by atoms with Crippen molar-refractivity contribution in [3.05, 3.63) is 23.3 Å². The molecule has 0 aromatic carbocycles. The van der Waals surface area contributed by atoms with E-state index in [4.69, 9.17) is 28.4 Å². The quantitative estimate of drug-likeness (QED) is 0.317. The van der Waals surface area contributed by atoms with E-state index in [1.54, 1.807) is 27.7 Å². The standard InChI is InChI=1S/C26H30O10/c1-11-26(30)25(20(29)31-6)17-18(33-11)34-19(28)22(17,4)9-14-23(25,5)15(35-26)7-12-13(24(14)10-32-24)8-16(27)36-21(12,2)3/h7-8,11,14-15,17-18,30H,9-10H2,1-6H3/t11-,14-,15+,17-,18-,22-,23-,24+,25+,26-/m0/s1. The van der Waals surface area contributed by atoms with Gasteiger partial charge < -0.3 is 33.5 Å². The first-order valence-corrected chi connectivity index (χ1v) is 12.4. The lowest BCUT2D eigenvalue weighted by molar-refractivity contribution is -0.376. The van der Waals surface area contributed by atoms with Gasteiger partial charge in [-0.2, -0.15) is 0 Å². The maximum atomic E-state index is 14.1. The summed E-state index contributed by atoms with van der Waals surface area (Å²) in [6.07, 6.45) is 0.704. The molecule has 2 aliphatic carbocycles. The minimum absolute atomic E-state index is 0.282. The summed E-state index contributed by atoms with van der Waals surface area (Å²) in [7, 11) is 1.27. The fourth-order valence-corrected chi connectivity index (χ4v) is 8.91. The molecule has 1 saturated carbocycles. The molecule has 5 fully saturated rings. The number of carbonyl (C=O) groups is 3. The molecule has 7 aliphatic rings. The monoisotopic (exact) mass is 502 g/mol. The van der Waals surface area contributed by atoms with Crippen LogP contribution in [0.1, 0.15) is 41.0 Å². The Kier molecular flexibility index (Phi) is 3.85. The van der Waals surface area contributed by atoms with Crippen LogP contribution in [0.3, 0.4) is 0 Å². The zero-order valence-corrected chi connectivity index (χ0v) is 21.1. The minimum Gasteiger partial charge on any atom is -0.468 e. The molecule has 5 heterocycles. The molecule has 0 bridgehead atoms. The number of fused-ring (bicyclic) bond motifs is 3. The Labute approximate surface area is 207 Å². The Morgan fingerprint density at radius 1 is 1.17 bits per heavy atom. The third-order valence-corrected chi connectivity index (χ3v) is 10.5. The van der Waals surface area contributed by atoms with Gasteiger partial charge >= 0.3 is 17.9 Å². The predicted molar refractivity (Wildman–Crippen MR) is 118 cm³/mol. The van der Waals surface area contributed by atoms with Crippen molar-refractivity contribution < 1.29 is 47.9 Å². The lowest BCUT2D eigenvalue weighted by atomic mass is 9.38. The molecular weight excluding hydrogens is 472 g/mol. The Morgan fingerprint density at radius 3 is 2.50 bits per heavy atom. The number of methoxy groups -OCH3 is 1. The van der Waals surface area contributed by atoms with Gasteiger partial charge in [-0.15, -0.1) is 0 Å². The highest BCUT2D eigenvalue weighted by molar-refractivity contribution is 5.90. The summed E-state index contributed by atoms with van der Waals surface area (Å²) in [5.74, 6) is -5.19. The number of hydrogen-bond acceptors (Lipinski definition) is 10.